The highest BCUT2D eigenvalue weighted by Crippen LogP contribution is 2.39. The number of methoxy groups -OCH3 is 1. The van der Waals surface area contributed by atoms with E-state index in [1.54, 1.807) is 6.92 Å². The van der Waals surface area contributed by atoms with Gasteiger partial charge in [-0.25, -0.2) is 14.4 Å². The number of amides is 1. The first kappa shape index (κ1) is 22.5. The molecule has 2 unspecified atom stereocenters. The minimum absolute atomic E-state index is 0.0862. The summed E-state index contributed by atoms with van der Waals surface area (Å²) in [6.45, 7) is 3.45. The number of piperidine rings is 1. The van der Waals surface area contributed by atoms with Crippen molar-refractivity contribution >= 4 is 16.9 Å². The van der Waals surface area contributed by atoms with Crippen LogP contribution in [0.5, 0.6) is 11.5 Å². The predicted molar refractivity (Wildman–Crippen MR) is 124 cm³/mol. The first-order chi connectivity index (χ1) is 16.5. The molecule has 2 fully saturated rings. The number of carbonyl (C=O) groups is 1. The van der Waals surface area contributed by atoms with Gasteiger partial charge in [0.15, 0.2) is 11.6 Å². The lowest BCUT2D eigenvalue weighted by atomic mass is 10.0. The number of hydrogen-bond acceptors (Lipinski definition) is 7. The number of H-pyrrole nitrogens is 1. The van der Waals surface area contributed by atoms with E-state index in [4.69, 9.17) is 9.47 Å². The number of halogens is 1. The second-order valence-corrected chi connectivity index (χ2v) is 8.95. The van der Waals surface area contributed by atoms with Crippen molar-refractivity contribution in [3.05, 3.63) is 35.5 Å². The van der Waals surface area contributed by atoms with Crippen molar-refractivity contribution in [3.63, 3.8) is 0 Å². The molecule has 10 heteroatoms. The van der Waals surface area contributed by atoms with E-state index < -0.39 is 11.9 Å². The molecular formula is C24H28FN5O4. The number of nitrogens with one attached hydrogen (secondary N) is 3. The summed E-state index contributed by atoms with van der Waals surface area (Å²) in [5.74, 6) is 0.182. The molecule has 1 amide bonds. The molecule has 180 valence electrons. The van der Waals surface area contributed by atoms with Gasteiger partial charge in [0.25, 0.3) is 5.91 Å². The smallest absolute Gasteiger partial charge is 0.255 e. The average molecular weight is 470 g/mol. The zero-order chi connectivity index (χ0) is 23.8. The van der Waals surface area contributed by atoms with Crippen molar-refractivity contribution in [1.82, 2.24) is 25.6 Å². The van der Waals surface area contributed by atoms with Gasteiger partial charge >= 0.3 is 0 Å². The van der Waals surface area contributed by atoms with Gasteiger partial charge in [-0.2, -0.15) is 0 Å². The Morgan fingerprint density at radius 2 is 2.09 bits per heavy atom. The van der Waals surface area contributed by atoms with Crippen LogP contribution >= 0.6 is 0 Å². The fourth-order valence-corrected chi connectivity index (χ4v) is 4.34. The fraction of sp³-hybridized carbons (Fsp3) is 0.458. The molecule has 2 atom stereocenters. The second kappa shape index (κ2) is 9.19. The van der Waals surface area contributed by atoms with Gasteiger partial charge in [0.2, 0.25) is 0 Å². The van der Waals surface area contributed by atoms with Crippen LogP contribution in [0.15, 0.2) is 18.5 Å². The first-order valence-electron chi connectivity index (χ1n) is 11.5. The standard InChI is InChI=1S/C24H28FN5O4/c1-12-20(24(32)30-16-5-6-26-9-17(16)31)22-23(29-12)21(27-11-28-22)14-7-15(25)19(33-2)8-18(14)34-10-13-3-4-13/h7-8,11,13,16-17,26,29,31H,3-6,9-10H2,1-2H3,(H,30,32). The summed E-state index contributed by atoms with van der Waals surface area (Å²) in [6.07, 6.45) is 3.55. The maximum Gasteiger partial charge on any atom is 0.255 e. The van der Waals surface area contributed by atoms with Crippen LogP contribution < -0.4 is 20.1 Å². The minimum atomic E-state index is -0.665. The SMILES string of the molecule is COc1cc(OCC2CC2)c(-c2ncnc3c(C(=O)NC4CCNCC4O)c(C)[nH]c23)cc1F. The number of rotatable bonds is 7. The van der Waals surface area contributed by atoms with Gasteiger partial charge in [-0.1, -0.05) is 0 Å². The summed E-state index contributed by atoms with van der Waals surface area (Å²) in [5.41, 5.74) is 2.80. The summed E-state index contributed by atoms with van der Waals surface area (Å²) in [6, 6.07) is 2.52. The van der Waals surface area contributed by atoms with Gasteiger partial charge in [-0.3, -0.25) is 4.79 Å². The maximum atomic E-state index is 14.7. The Hall–Kier alpha value is -3.24. The number of ether oxygens (including phenoxy) is 2. The van der Waals surface area contributed by atoms with Crippen LogP contribution in [0.1, 0.15) is 35.3 Å². The molecule has 0 radical (unpaired) electrons. The number of benzene rings is 1. The van der Waals surface area contributed by atoms with Crippen LogP contribution in [-0.4, -0.2) is 64.9 Å². The highest BCUT2D eigenvalue weighted by Gasteiger charge is 2.29. The number of aryl methyl sites for hydroxylation is 1. The van der Waals surface area contributed by atoms with Crippen LogP contribution in [0.25, 0.3) is 22.3 Å². The number of aliphatic hydroxyl groups excluding tert-OH is 1. The van der Waals surface area contributed by atoms with E-state index in [0.717, 1.165) is 12.8 Å². The lowest BCUT2D eigenvalue weighted by Crippen LogP contribution is -2.52. The molecule has 4 N–H and O–H groups in total. The molecule has 2 aliphatic rings. The van der Waals surface area contributed by atoms with Gasteiger partial charge in [-0.05, 0) is 44.7 Å². The number of aliphatic hydroxyl groups is 1. The number of carbonyl (C=O) groups excluding carboxylic acids is 1. The summed E-state index contributed by atoms with van der Waals surface area (Å²) in [5, 5.41) is 16.2. The zero-order valence-corrected chi connectivity index (χ0v) is 19.2. The summed E-state index contributed by atoms with van der Waals surface area (Å²) >= 11 is 0. The molecule has 5 rings (SSSR count). The van der Waals surface area contributed by atoms with Crippen molar-refractivity contribution in [2.24, 2.45) is 5.92 Å². The second-order valence-electron chi connectivity index (χ2n) is 8.95. The van der Waals surface area contributed by atoms with E-state index in [2.05, 4.69) is 25.6 Å². The molecule has 0 bridgehead atoms. The molecule has 1 aliphatic heterocycles. The van der Waals surface area contributed by atoms with E-state index >= 15 is 0 Å². The number of β-amino-alcohol motifs (C(OH)–C–C–N with tert-alkyl or cyclic N) is 1. The molecule has 9 nitrogen and oxygen atoms in total. The molecule has 2 aromatic heterocycles. The van der Waals surface area contributed by atoms with Gasteiger partial charge in [0.05, 0.1) is 36.9 Å². The zero-order valence-electron chi connectivity index (χ0n) is 19.2. The number of aromatic nitrogens is 3. The Bertz CT molecular complexity index is 1230. The van der Waals surface area contributed by atoms with Crippen LogP contribution in [0.2, 0.25) is 0 Å². The van der Waals surface area contributed by atoms with E-state index in [9.17, 15) is 14.3 Å². The number of fused-ring (bicyclic) bond motifs is 1. The summed E-state index contributed by atoms with van der Waals surface area (Å²) < 4.78 is 25.9. The van der Waals surface area contributed by atoms with Crippen molar-refractivity contribution < 1.29 is 23.8 Å². The highest BCUT2D eigenvalue weighted by atomic mass is 19.1. The van der Waals surface area contributed by atoms with Crippen molar-refractivity contribution in [2.75, 3.05) is 26.8 Å². The molecule has 34 heavy (non-hydrogen) atoms. The van der Waals surface area contributed by atoms with Gasteiger partial charge in [0.1, 0.15) is 23.3 Å². The molecule has 1 aromatic carbocycles. The molecule has 3 aromatic rings. The Balaban J connectivity index is 1.54. The fourth-order valence-electron chi connectivity index (χ4n) is 4.34. The van der Waals surface area contributed by atoms with Gasteiger partial charge in [0, 0.05) is 23.9 Å². The highest BCUT2D eigenvalue weighted by molar-refractivity contribution is 6.09. The Morgan fingerprint density at radius 1 is 1.26 bits per heavy atom. The Labute approximate surface area is 196 Å². The number of nitrogens with zero attached hydrogens (tertiary/aromatic N) is 2. The molecule has 1 aliphatic carbocycles. The van der Waals surface area contributed by atoms with Crippen LogP contribution in [0.3, 0.4) is 0 Å². The third kappa shape index (κ3) is 4.30. The first-order valence-corrected chi connectivity index (χ1v) is 11.5. The Kier molecular flexibility index (Phi) is 6.09. The van der Waals surface area contributed by atoms with Crippen LogP contribution in [-0.2, 0) is 0 Å². The summed E-state index contributed by atoms with van der Waals surface area (Å²) in [7, 11) is 1.41. The van der Waals surface area contributed by atoms with Crippen LogP contribution in [0.4, 0.5) is 4.39 Å². The lowest BCUT2D eigenvalue weighted by Gasteiger charge is -2.29. The predicted octanol–water partition coefficient (Wildman–Crippen LogP) is 2.32. The minimum Gasteiger partial charge on any atom is -0.494 e. The molecule has 1 saturated heterocycles. The Morgan fingerprint density at radius 3 is 2.82 bits per heavy atom. The number of aromatic amines is 1. The average Bonchev–Trinajstić information content (AvgIpc) is 3.59. The van der Waals surface area contributed by atoms with E-state index in [1.807, 2.05) is 0 Å². The van der Waals surface area contributed by atoms with Crippen molar-refractivity contribution in [3.8, 4) is 22.8 Å². The third-order valence-corrected chi connectivity index (χ3v) is 6.45. The molecular weight excluding hydrogens is 441 g/mol. The summed E-state index contributed by atoms with van der Waals surface area (Å²) in [4.78, 5) is 25.1. The largest absolute Gasteiger partial charge is 0.494 e. The quantitative estimate of drug-likeness (QED) is 0.419. The molecule has 3 heterocycles. The third-order valence-electron chi connectivity index (χ3n) is 6.45. The molecule has 0 spiro atoms. The maximum absolute atomic E-state index is 14.7. The van der Waals surface area contributed by atoms with E-state index in [-0.39, 0.29) is 17.7 Å². The lowest BCUT2D eigenvalue weighted by molar-refractivity contribution is 0.0766. The monoisotopic (exact) mass is 469 g/mol. The molecule has 1 saturated carbocycles. The van der Waals surface area contributed by atoms with Crippen molar-refractivity contribution in [1.29, 1.82) is 0 Å². The number of hydrogen-bond donors (Lipinski definition) is 4. The van der Waals surface area contributed by atoms with Gasteiger partial charge < -0.3 is 30.2 Å². The van der Waals surface area contributed by atoms with E-state index in [0.29, 0.717) is 71.3 Å². The van der Waals surface area contributed by atoms with E-state index in [1.165, 1.54) is 25.6 Å². The van der Waals surface area contributed by atoms with Gasteiger partial charge in [-0.15, -0.1) is 0 Å². The van der Waals surface area contributed by atoms with Crippen LogP contribution in [0, 0.1) is 18.7 Å². The topological polar surface area (TPSA) is 121 Å². The van der Waals surface area contributed by atoms with Crippen molar-refractivity contribution in [2.45, 2.75) is 38.3 Å². The normalized spacial score (nSPS) is 20.4.